The second-order valence-electron chi connectivity index (χ2n) is 5.68. The molecule has 0 bridgehead atoms. The number of hydrogen-bond acceptors (Lipinski definition) is 6. The molecule has 0 spiro atoms. The van der Waals surface area contributed by atoms with E-state index in [1.54, 1.807) is 17.6 Å². The van der Waals surface area contributed by atoms with Gasteiger partial charge in [0.15, 0.2) is 15.0 Å². The van der Waals surface area contributed by atoms with Gasteiger partial charge in [0, 0.05) is 18.0 Å². The highest BCUT2D eigenvalue weighted by molar-refractivity contribution is 7.91. The average Bonchev–Trinajstić information content (AvgIpc) is 3.11. The van der Waals surface area contributed by atoms with E-state index in [4.69, 9.17) is 0 Å². The molecule has 1 N–H and O–H groups in total. The van der Waals surface area contributed by atoms with Crippen molar-refractivity contribution in [2.24, 2.45) is 0 Å². The first kappa shape index (κ1) is 19.1. The Bertz CT molecular complexity index is 1020. The second kappa shape index (κ2) is 8.36. The summed E-state index contributed by atoms with van der Waals surface area (Å²) in [5.41, 5.74) is 1.37. The molecule has 6 nitrogen and oxygen atoms in total. The van der Waals surface area contributed by atoms with Gasteiger partial charge >= 0.3 is 0 Å². The molecule has 140 valence electrons. The van der Waals surface area contributed by atoms with Gasteiger partial charge < -0.3 is 5.32 Å². The average molecular weight is 405 g/mol. The molecule has 0 aliphatic heterocycles. The zero-order chi connectivity index (χ0) is 19.3. The first-order chi connectivity index (χ1) is 12.9. The van der Waals surface area contributed by atoms with Gasteiger partial charge in [0.1, 0.15) is 11.5 Å². The lowest BCUT2D eigenvalue weighted by Gasteiger charge is -2.05. The second-order valence-corrected chi connectivity index (χ2v) is 8.64. The summed E-state index contributed by atoms with van der Waals surface area (Å²) in [5.74, 6) is -1.00. The van der Waals surface area contributed by atoms with Crippen LogP contribution < -0.4 is 5.32 Å². The van der Waals surface area contributed by atoms with E-state index in [0.717, 1.165) is 12.1 Å². The zero-order valence-electron chi connectivity index (χ0n) is 14.1. The Morgan fingerprint density at radius 2 is 1.89 bits per heavy atom. The van der Waals surface area contributed by atoms with Crippen molar-refractivity contribution in [1.29, 1.82) is 0 Å². The largest absolute Gasteiger partial charge is 0.302 e. The van der Waals surface area contributed by atoms with Crippen molar-refractivity contribution in [3.8, 4) is 11.4 Å². The molecule has 0 fully saturated rings. The first-order valence-electron chi connectivity index (χ1n) is 8.09. The van der Waals surface area contributed by atoms with E-state index in [0.29, 0.717) is 16.5 Å². The predicted molar refractivity (Wildman–Crippen MR) is 102 cm³/mol. The Labute approximate surface area is 160 Å². The minimum absolute atomic E-state index is 0.0406. The Morgan fingerprint density at radius 1 is 1.11 bits per heavy atom. The minimum Gasteiger partial charge on any atom is -0.302 e. The van der Waals surface area contributed by atoms with Crippen LogP contribution in [0.15, 0.2) is 58.9 Å². The number of anilines is 1. The first-order valence-corrected chi connectivity index (χ1v) is 10.6. The Balaban J connectivity index is 1.51. The molecule has 1 aromatic carbocycles. The fourth-order valence-electron chi connectivity index (χ4n) is 2.33. The van der Waals surface area contributed by atoms with Gasteiger partial charge in [0.2, 0.25) is 5.91 Å². The van der Waals surface area contributed by atoms with Gasteiger partial charge in [-0.1, -0.05) is 6.07 Å². The van der Waals surface area contributed by atoms with E-state index in [-0.39, 0.29) is 29.4 Å². The molecule has 0 radical (unpaired) electrons. The van der Waals surface area contributed by atoms with Crippen molar-refractivity contribution >= 4 is 32.2 Å². The van der Waals surface area contributed by atoms with E-state index in [9.17, 15) is 17.6 Å². The molecule has 0 aliphatic carbocycles. The van der Waals surface area contributed by atoms with Crippen molar-refractivity contribution in [3.05, 3.63) is 59.9 Å². The van der Waals surface area contributed by atoms with E-state index in [2.05, 4.69) is 15.3 Å². The summed E-state index contributed by atoms with van der Waals surface area (Å²) in [5, 5.41) is 4.88. The normalized spacial score (nSPS) is 11.3. The molecule has 0 unspecified atom stereocenters. The number of halogens is 1. The number of rotatable bonds is 7. The number of carbonyl (C=O) groups is 1. The standard InChI is InChI=1S/C18H16FN3O3S2/c19-13-6-8-14(9-7-13)27(24,25)11-3-5-17(23)22-18-21-16(12-26-18)15-4-1-2-10-20-15/h1-2,4,6-10,12H,3,5,11H2,(H,21,22,23). The number of nitrogens with one attached hydrogen (secondary N) is 1. The molecule has 9 heteroatoms. The maximum absolute atomic E-state index is 12.9. The van der Waals surface area contributed by atoms with Gasteiger partial charge in [0.25, 0.3) is 0 Å². The molecule has 0 atom stereocenters. The lowest BCUT2D eigenvalue weighted by molar-refractivity contribution is -0.116. The molecule has 1 amide bonds. The molecule has 0 saturated heterocycles. The van der Waals surface area contributed by atoms with Gasteiger partial charge in [-0.05, 0) is 42.8 Å². The number of hydrogen-bond donors (Lipinski definition) is 1. The quantitative estimate of drug-likeness (QED) is 0.608. The van der Waals surface area contributed by atoms with Gasteiger partial charge in [-0.15, -0.1) is 11.3 Å². The summed E-state index contributed by atoms with van der Waals surface area (Å²) in [4.78, 5) is 20.6. The third kappa shape index (κ3) is 5.18. The van der Waals surface area contributed by atoms with Crippen LogP contribution in [-0.2, 0) is 14.6 Å². The fourth-order valence-corrected chi connectivity index (χ4v) is 4.36. The number of aromatic nitrogens is 2. The van der Waals surface area contributed by atoms with Crippen LogP contribution in [0.1, 0.15) is 12.8 Å². The lowest BCUT2D eigenvalue weighted by atomic mass is 10.3. The predicted octanol–water partition coefficient (Wildman–Crippen LogP) is 3.54. The number of amides is 1. The number of sulfone groups is 1. The van der Waals surface area contributed by atoms with E-state index < -0.39 is 15.7 Å². The lowest BCUT2D eigenvalue weighted by Crippen LogP contribution is -2.14. The maximum atomic E-state index is 12.9. The van der Waals surface area contributed by atoms with Gasteiger partial charge in [-0.2, -0.15) is 0 Å². The van der Waals surface area contributed by atoms with Crippen LogP contribution in [0.5, 0.6) is 0 Å². The molecule has 3 rings (SSSR count). The third-order valence-corrected chi connectivity index (χ3v) is 6.24. The topological polar surface area (TPSA) is 89.0 Å². The molecular weight excluding hydrogens is 389 g/mol. The fraction of sp³-hybridized carbons (Fsp3) is 0.167. The van der Waals surface area contributed by atoms with E-state index in [1.807, 2.05) is 12.1 Å². The van der Waals surface area contributed by atoms with Crippen molar-refractivity contribution in [3.63, 3.8) is 0 Å². The van der Waals surface area contributed by atoms with Crippen molar-refractivity contribution < 1.29 is 17.6 Å². The number of pyridine rings is 1. The van der Waals surface area contributed by atoms with Crippen LogP contribution in [0.4, 0.5) is 9.52 Å². The molecule has 2 aromatic heterocycles. The molecular formula is C18H16FN3O3S2. The number of nitrogens with zero attached hydrogens (tertiary/aromatic N) is 2. The van der Waals surface area contributed by atoms with E-state index >= 15 is 0 Å². The van der Waals surface area contributed by atoms with Gasteiger partial charge in [0.05, 0.1) is 16.3 Å². The summed E-state index contributed by atoms with van der Waals surface area (Å²) in [6.45, 7) is 0. The van der Waals surface area contributed by atoms with Crippen LogP contribution in [0.2, 0.25) is 0 Å². The highest BCUT2D eigenvalue weighted by atomic mass is 32.2. The van der Waals surface area contributed by atoms with Crippen LogP contribution >= 0.6 is 11.3 Å². The van der Waals surface area contributed by atoms with Crippen LogP contribution in [0, 0.1) is 5.82 Å². The van der Waals surface area contributed by atoms with E-state index in [1.165, 1.54) is 23.5 Å². The van der Waals surface area contributed by atoms with Crippen LogP contribution in [0.3, 0.4) is 0 Å². The molecule has 27 heavy (non-hydrogen) atoms. The summed E-state index contributed by atoms with van der Waals surface area (Å²) in [7, 11) is -3.55. The number of benzene rings is 1. The summed E-state index contributed by atoms with van der Waals surface area (Å²) in [6.07, 6.45) is 1.86. The smallest absolute Gasteiger partial charge is 0.226 e. The molecule has 0 aliphatic rings. The van der Waals surface area contributed by atoms with Gasteiger partial charge in [-0.25, -0.2) is 17.8 Å². The molecule has 2 heterocycles. The minimum atomic E-state index is -3.55. The monoisotopic (exact) mass is 405 g/mol. The summed E-state index contributed by atoms with van der Waals surface area (Å²) in [6, 6.07) is 10.1. The Kier molecular flexibility index (Phi) is 5.92. The molecule has 3 aromatic rings. The van der Waals surface area contributed by atoms with Gasteiger partial charge in [-0.3, -0.25) is 9.78 Å². The molecule has 0 saturated carbocycles. The highest BCUT2D eigenvalue weighted by Gasteiger charge is 2.15. The number of thiazole rings is 1. The zero-order valence-corrected chi connectivity index (χ0v) is 15.8. The van der Waals surface area contributed by atoms with Crippen LogP contribution in [-0.4, -0.2) is 30.0 Å². The maximum Gasteiger partial charge on any atom is 0.226 e. The van der Waals surface area contributed by atoms with Crippen molar-refractivity contribution in [2.75, 3.05) is 11.1 Å². The number of carbonyl (C=O) groups excluding carboxylic acids is 1. The third-order valence-electron chi connectivity index (χ3n) is 3.67. The summed E-state index contributed by atoms with van der Waals surface area (Å²) >= 11 is 1.27. The Morgan fingerprint density at radius 3 is 2.59 bits per heavy atom. The Hall–Kier alpha value is -2.65. The highest BCUT2D eigenvalue weighted by Crippen LogP contribution is 2.23. The summed E-state index contributed by atoms with van der Waals surface area (Å²) < 4.78 is 37.2. The van der Waals surface area contributed by atoms with Crippen LogP contribution in [0.25, 0.3) is 11.4 Å². The van der Waals surface area contributed by atoms with Crippen molar-refractivity contribution in [2.45, 2.75) is 17.7 Å². The SMILES string of the molecule is O=C(CCCS(=O)(=O)c1ccc(F)cc1)Nc1nc(-c2ccccn2)cs1. The van der Waals surface area contributed by atoms with Crippen molar-refractivity contribution in [1.82, 2.24) is 9.97 Å².